The first kappa shape index (κ1) is 11.7. The quantitative estimate of drug-likeness (QED) is 0.603. The zero-order valence-electron chi connectivity index (χ0n) is 8.18. The van der Waals surface area contributed by atoms with Crippen LogP contribution in [0.5, 0.6) is 0 Å². The van der Waals surface area contributed by atoms with Crippen LogP contribution in [0, 0.1) is 0 Å². The van der Waals surface area contributed by atoms with E-state index in [2.05, 4.69) is 12.2 Å². The highest BCUT2D eigenvalue weighted by Crippen LogP contribution is 2.22. The molecule has 14 heavy (non-hydrogen) atoms. The van der Waals surface area contributed by atoms with Crippen LogP contribution in [0.2, 0.25) is 4.34 Å². The first-order chi connectivity index (χ1) is 6.74. The van der Waals surface area contributed by atoms with Crippen molar-refractivity contribution in [3.63, 3.8) is 0 Å². The lowest BCUT2D eigenvalue weighted by atomic mass is 10.2. The molecule has 0 unspecified atom stereocenters. The van der Waals surface area contributed by atoms with Crippen molar-refractivity contribution in [3.8, 4) is 0 Å². The van der Waals surface area contributed by atoms with Crippen LogP contribution < -0.4 is 5.32 Å². The van der Waals surface area contributed by atoms with Gasteiger partial charge in [-0.2, -0.15) is 0 Å². The van der Waals surface area contributed by atoms with Gasteiger partial charge in [-0.15, -0.1) is 11.3 Å². The van der Waals surface area contributed by atoms with Gasteiger partial charge in [0.2, 0.25) is 0 Å². The molecule has 0 aliphatic rings. The lowest BCUT2D eigenvalue weighted by molar-refractivity contribution is 0.0986. The molecule has 0 saturated heterocycles. The third-order valence-electron chi connectivity index (χ3n) is 1.80. The molecule has 0 saturated carbocycles. The molecule has 0 aromatic carbocycles. The van der Waals surface area contributed by atoms with E-state index in [4.69, 9.17) is 11.6 Å². The fraction of sp³-hybridized carbons (Fsp3) is 0.500. The van der Waals surface area contributed by atoms with Gasteiger partial charge < -0.3 is 5.32 Å². The van der Waals surface area contributed by atoms with Gasteiger partial charge in [0.1, 0.15) is 0 Å². The summed E-state index contributed by atoms with van der Waals surface area (Å²) in [5, 5.41) is 3.19. The molecule has 1 heterocycles. The Balaban J connectivity index is 2.29. The summed E-state index contributed by atoms with van der Waals surface area (Å²) in [4.78, 5) is 12.3. The highest BCUT2D eigenvalue weighted by molar-refractivity contribution is 7.18. The Kier molecular flexibility index (Phi) is 5.15. The topological polar surface area (TPSA) is 29.1 Å². The minimum atomic E-state index is 0.172. The molecule has 1 rings (SSSR count). The summed E-state index contributed by atoms with van der Waals surface area (Å²) in [5.41, 5.74) is 0. The van der Waals surface area contributed by atoms with Gasteiger partial charge in [-0.25, -0.2) is 0 Å². The zero-order chi connectivity index (χ0) is 10.4. The van der Waals surface area contributed by atoms with Crippen molar-refractivity contribution in [2.75, 3.05) is 13.1 Å². The van der Waals surface area contributed by atoms with Crippen molar-refractivity contribution in [3.05, 3.63) is 21.3 Å². The molecular formula is C10H14ClNOS. The normalized spacial score (nSPS) is 10.4. The maximum Gasteiger partial charge on any atom is 0.174 e. The zero-order valence-corrected chi connectivity index (χ0v) is 9.75. The van der Waals surface area contributed by atoms with Crippen molar-refractivity contribution in [2.24, 2.45) is 0 Å². The summed E-state index contributed by atoms with van der Waals surface area (Å²) >= 11 is 7.09. The van der Waals surface area contributed by atoms with Crippen LogP contribution in [0.1, 0.15) is 29.4 Å². The number of hydrogen-bond donors (Lipinski definition) is 1. The highest BCUT2D eigenvalue weighted by atomic mass is 35.5. The van der Waals surface area contributed by atoms with Crippen molar-refractivity contribution in [1.29, 1.82) is 0 Å². The molecule has 1 N–H and O–H groups in total. The predicted octanol–water partition coefficient (Wildman–Crippen LogP) is 2.97. The van der Waals surface area contributed by atoms with Crippen LogP contribution >= 0.6 is 22.9 Å². The van der Waals surface area contributed by atoms with E-state index in [-0.39, 0.29) is 5.78 Å². The minimum Gasteiger partial charge on any atom is -0.316 e. The predicted molar refractivity (Wildman–Crippen MR) is 61.4 cm³/mol. The maximum atomic E-state index is 11.5. The molecule has 0 spiro atoms. The molecule has 1 aromatic rings. The Morgan fingerprint density at radius 2 is 2.29 bits per heavy atom. The van der Waals surface area contributed by atoms with Crippen LogP contribution in [0.25, 0.3) is 0 Å². The highest BCUT2D eigenvalue weighted by Gasteiger charge is 2.07. The first-order valence-corrected chi connectivity index (χ1v) is 5.92. The number of thiophene rings is 1. The number of nitrogens with one attached hydrogen (secondary N) is 1. The summed E-state index contributed by atoms with van der Waals surface area (Å²) in [7, 11) is 0. The number of halogens is 1. The number of carbonyl (C=O) groups excluding carboxylic acids is 1. The van der Waals surface area contributed by atoms with Crippen molar-refractivity contribution < 1.29 is 4.79 Å². The molecule has 0 aliphatic carbocycles. The number of ketones is 1. The van der Waals surface area contributed by atoms with Gasteiger partial charge in [0.25, 0.3) is 0 Å². The van der Waals surface area contributed by atoms with E-state index >= 15 is 0 Å². The largest absolute Gasteiger partial charge is 0.316 e. The van der Waals surface area contributed by atoms with Crippen LogP contribution in [-0.4, -0.2) is 18.9 Å². The van der Waals surface area contributed by atoms with Crippen LogP contribution in [0.3, 0.4) is 0 Å². The molecule has 0 bridgehead atoms. The lowest BCUT2D eigenvalue weighted by Crippen LogP contribution is -2.18. The summed E-state index contributed by atoms with van der Waals surface area (Å²) in [5.74, 6) is 0.172. The van der Waals surface area contributed by atoms with Gasteiger partial charge >= 0.3 is 0 Å². The van der Waals surface area contributed by atoms with Gasteiger partial charge in [-0.05, 0) is 25.1 Å². The smallest absolute Gasteiger partial charge is 0.174 e. The molecule has 2 nitrogen and oxygen atoms in total. The van der Waals surface area contributed by atoms with E-state index in [0.29, 0.717) is 10.8 Å². The summed E-state index contributed by atoms with van der Waals surface area (Å²) < 4.78 is 0.676. The molecule has 0 amide bonds. The molecule has 0 radical (unpaired) electrons. The van der Waals surface area contributed by atoms with Gasteiger partial charge in [-0.3, -0.25) is 4.79 Å². The van der Waals surface area contributed by atoms with Crippen LogP contribution in [0.15, 0.2) is 12.1 Å². The number of hydrogen-bond acceptors (Lipinski definition) is 3. The second-order valence-electron chi connectivity index (χ2n) is 3.03. The van der Waals surface area contributed by atoms with E-state index in [9.17, 15) is 4.79 Å². The van der Waals surface area contributed by atoms with E-state index in [1.165, 1.54) is 11.3 Å². The Morgan fingerprint density at radius 3 is 2.86 bits per heavy atom. The fourth-order valence-corrected chi connectivity index (χ4v) is 2.10. The second kappa shape index (κ2) is 6.17. The third-order valence-corrected chi connectivity index (χ3v) is 3.08. The van der Waals surface area contributed by atoms with Crippen LogP contribution in [-0.2, 0) is 0 Å². The number of rotatable bonds is 6. The number of Topliss-reactive ketones (excluding diaryl/α,β-unsaturated/α-hetero) is 1. The van der Waals surface area contributed by atoms with E-state index < -0.39 is 0 Å². The standard InChI is InChI=1S/C10H14ClNOS/c1-2-6-12-7-5-8(13)9-3-4-10(11)14-9/h3-4,12H,2,5-7H2,1H3. The van der Waals surface area contributed by atoms with Gasteiger partial charge in [-0.1, -0.05) is 18.5 Å². The van der Waals surface area contributed by atoms with E-state index in [0.717, 1.165) is 24.4 Å². The molecule has 0 aliphatic heterocycles. The Hall–Kier alpha value is -0.380. The van der Waals surface area contributed by atoms with Crippen molar-refractivity contribution >= 4 is 28.7 Å². The average Bonchev–Trinajstić information content (AvgIpc) is 2.59. The number of carbonyl (C=O) groups is 1. The lowest BCUT2D eigenvalue weighted by Gasteiger charge is -2.00. The van der Waals surface area contributed by atoms with Gasteiger partial charge in [0.15, 0.2) is 5.78 Å². The van der Waals surface area contributed by atoms with Crippen molar-refractivity contribution in [1.82, 2.24) is 5.32 Å². The summed E-state index contributed by atoms with van der Waals surface area (Å²) in [6, 6.07) is 3.55. The molecule has 0 fully saturated rings. The van der Waals surface area contributed by atoms with Gasteiger partial charge in [0, 0.05) is 13.0 Å². The molecule has 78 valence electrons. The minimum absolute atomic E-state index is 0.172. The Morgan fingerprint density at radius 1 is 1.50 bits per heavy atom. The first-order valence-electron chi connectivity index (χ1n) is 4.73. The summed E-state index contributed by atoms with van der Waals surface area (Å²) in [6.45, 7) is 3.83. The maximum absolute atomic E-state index is 11.5. The van der Waals surface area contributed by atoms with Crippen molar-refractivity contribution in [2.45, 2.75) is 19.8 Å². The SMILES string of the molecule is CCCNCCC(=O)c1ccc(Cl)s1. The molecule has 0 atom stereocenters. The monoisotopic (exact) mass is 231 g/mol. The van der Waals surface area contributed by atoms with Crippen LogP contribution in [0.4, 0.5) is 0 Å². The van der Waals surface area contributed by atoms with E-state index in [1.807, 2.05) is 0 Å². The second-order valence-corrected chi connectivity index (χ2v) is 4.74. The average molecular weight is 232 g/mol. The third kappa shape index (κ3) is 3.78. The molecular weight excluding hydrogens is 218 g/mol. The Labute approximate surface area is 93.3 Å². The Bertz CT molecular complexity index is 298. The fourth-order valence-electron chi connectivity index (χ4n) is 1.09. The molecule has 4 heteroatoms. The summed E-state index contributed by atoms with van der Waals surface area (Å²) in [6.07, 6.45) is 1.65. The van der Waals surface area contributed by atoms with E-state index in [1.54, 1.807) is 12.1 Å². The molecule has 1 aromatic heterocycles. The van der Waals surface area contributed by atoms with Gasteiger partial charge in [0.05, 0.1) is 9.21 Å².